The van der Waals surface area contributed by atoms with Gasteiger partial charge < -0.3 is 4.29 Å². The fraction of sp³-hybridized carbons (Fsp3) is 0.222. The normalized spacial score (nSPS) is 9.73. The molecular formula is C9H8ClNO4. The van der Waals surface area contributed by atoms with Crippen molar-refractivity contribution >= 4 is 17.8 Å². The Bertz CT molecular complexity index is 405. The van der Waals surface area contributed by atoms with Gasteiger partial charge in [-0.15, -0.1) is 0 Å². The summed E-state index contributed by atoms with van der Waals surface area (Å²) in [6.45, 7) is 1.41. The van der Waals surface area contributed by atoms with E-state index in [1.54, 1.807) is 13.0 Å². The van der Waals surface area contributed by atoms with Crippen LogP contribution in [-0.4, -0.2) is 10.9 Å². The van der Waals surface area contributed by atoms with Crippen molar-refractivity contribution in [2.24, 2.45) is 0 Å². The maximum Gasteiger partial charge on any atom is 0.356 e. The van der Waals surface area contributed by atoms with Gasteiger partial charge in [-0.05, 0) is 24.6 Å². The minimum absolute atomic E-state index is 0.201. The van der Waals surface area contributed by atoms with Crippen LogP contribution in [-0.2, 0) is 10.8 Å². The summed E-state index contributed by atoms with van der Waals surface area (Å²) in [5, 5.41) is 10.3. The van der Waals surface area contributed by atoms with Crippen LogP contribution < -0.4 is 0 Å². The van der Waals surface area contributed by atoms with Crippen LogP contribution in [0.4, 0.5) is 0 Å². The second kappa shape index (κ2) is 4.75. The van der Waals surface area contributed by atoms with E-state index in [-0.39, 0.29) is 12.1 Å². The van der Waals surface area contributed by atoms with Gasteiger partial charge in [-0.3, -0.25) is 10.1 Å². The first-order valence-corrected chi connectivity index (χ1v) is 4.39. The lowest BCUT2D eigenvalue weighted by atomic mass is 10.1. The Morgan fingerprint density at radius 3 is 2.80 bits per heavy atom. The molecule has 0 saturated heterocycles. The Morgan fingerprint density at radius 2 is 2.27 bits per heavy atom. The van der Waals surface area contributed by atoms with E-state index in [0.717, 1.165) is 5.56 Å². The number of carbonyl (C=O) groups is 1. The molecule has 0 aromatic heterocycles. The Hall–Kier alpha value is -1.62. The molecule has 0 atom stereocenters. The molecular weight excluding hydrogens is 222 g/mol. The van der Waals surface area contributed by atoms with E-state index < -0.39 is 10.9 Å². The van der Waals surface area contributed by atoms with Crippen molar-refractivity contribution in [2.45, 2.75) is 13.5 Å². The first-order chi connectivity index (χ1) is 7.04. The minimum Gasteiger partial charge on any atom is -0.343 e. The van der Waals surface area contributed by atoms with Gasteiger partial charge in [-0.2, -0.15) is 0 Å². The summed E-state index contributed by atoms with van der Waals surface area (Å²) in [5.74, 6) is -0.721. The number of hydrogen-bond donors (Lipinski definition) is 0. The molecule has 0 spiro atoms. The number of halogens is 1. The quantitative estimate of drug-likeness (QED) is 0.588. The molecule has 0 aliphatic rings. The number of hydrogen-bond acceptors (Lipinski definition) is 4. The van der Waals surface area contributed by atoms with E-state index in [2.05, 4.69) is 4.29 Å². The highest BCUT2D eigenvalue weighted by Gasteiger charge is 2.11. The fourth-order valence-corrected chi connectivity index (χ4v) is 1.24. The summed E-state index contributed by atoms with van der Waals surface area (Å²) < 4.78 is 4.00. The van der Waals surface area contributed by atoms with Gasteiger partial charge in [0.15, 0.2) is 0 Å². The Labute approximate surface area is 90.9 Å². The lowest BCUT2D eigenvalue weighted by molar-refractivity contribution is -0.496. The predicted octanol–water partition coefficient (Wildman–Crippen LogP) is 2.08. The zero-order valence-corrected chi connectivity index (χ0v) is 8.65. The van der Waals surface area contributed by atoms with E-state index in [4.69, 9.17) is 11.9 Å². The highest BCUT2D eigenvalue weighted by molar-refractivity contribution is 6.15. The van der Waals surface area contributed by atoms with Gasteiger partial charge in [-0.1, -0.05) is 6.07 Å². The number of rotatable bonds is 3. The molecule has 0 aliphatic heterocycles. The summed E-state index contributed by atoms with van der Waals surface area (Å²) in [5.41, 5.74) is 1.42. The average Bonchev–Trinajstić information content (AvgIpc) is 2.19. The number of benzene rings is 1. The third kappa shape index (κ3) is 2.92. The van der Waals surface area contributed by atoms with Gasteiger partial charge in [0.2, 0.25) is 6.54 Å². The van der Waals surface area contributed by atoms with E-state index in [9.17, 15) is 14.9 Å². The topological polar surface area (TPSA) is 69.4 Å². The van der Waals surface area contributed by atoms with Crippen LogP contribution in [0.3, 0.4) is 0 Å². The molecule has 0 N–H and O–H groups in total. The highest BCUT2D eigenvalue weighted by atomic mass is 35.5. The van der Waals surface area contributed by atoms with Crippen LogP contribution in [0.5, 0.6) is 0 Å². The summed E-state index contributed by atoms with van der Waals surface area (Å²) in [7, 11) is 0. The summed E-state index contributed by atoms with van der Waals surface area (Å²) in [4.78, 5) is 20.9. The summed E-state index contributed by atoms with van der Waals surface area (Å²) >= 11 is 4.90. The van der Waals surface area contributed by atoms with Gasteiger partial charge in [0.05, 0.1) is 5.56 Å². The van der Waals surface area contributed by atoms with Crippen LogP contribution in [0.1, 0.15) is 21.5 Å². The monoisotopic (exact) mass is 229 g/mol. The van der Waals surface area contributed by atoms with Crippen molar-refractivity contribution in [1.82, 2.24) is 0 Å². The zero-order valence-electron chi connectivity index (χ0n) is 7.90. The van der Waals surface area contributed by atoms with Crippen LogP contribution in [0.15, 0.2) is 18.2 Å². The molecule has 0 fully saturated rings. The van der Waals surface area contributed by atoms with Gasteiger partial charge in [0, 0.05) is 10.5 Å². The third-order valence-corrected chi connectivity index (χ3v) is 2.09. The van der Waals surface area contributed by atoms with Crippen LogP contribution in [0.25, 0.3) is 0 Å². The summed E-state index contributed by atoms with van der Waals surface area (Å²) in [6, 6.07) is 4.52. The molecule has 0 amide bonds. The fourth-order valence-electron chi connectivity index (χ4n) is 1.15. The maximum absolute atomic E-state index is 11.0. The first kappa shape index (κ1) is 11.5. The second-order valence-corrected chi connectivity index (χ2v) is 3.15. The molecule has 0 heterocycles. The van der Waals surface area contributed by atoms with E-state index in [1.165, 1.54) is 12.1 Å². The number of nitro groups is 1. The van der Waals surface area contributed by atoms with Gasteiger partial charge >= 0.3 is 5.97 Å². The zero-order chi connectivity index (χ0) is 11.4. The molecule has 1 rings (SSSR count). The van der Waals surface area contributed by atoms with Crippen molar-refractivity contribution < 1.29 is 14.0 Å². The summed E-state index contributed by atoms with van der Waals surface area (Å²) in [6.07, 6.45) is 0. The molecule has 5 nitrogen and oxygen atoms in total. The first-order valence-electron chi connectivity index (χ1n) is 4.09. The van der Waals surface area contributed by atoms with Crippen molar-refractivity contribution in [3.63, 3.8) is 0 Å². The molecule has 1 aromatic rings. The van der Waals surface area contributed by atoms with Gasteiger partial charge in [0.1, 0.15) is 11.9 Å². The number of nitrogens with zero attached hydrogens (tertiary/aromatic N) is 1. The molecule has 0 saturated carbocycles. The van der Waals surface area contributed by atoms with Crippen molar-refractivity contribution in [3.8, 4) is 0 Å². The lowest BCUT2D eigenvalue weighted by Crippen LogP contribution is -2.04. The standard InChI is InChI=1S/C9H8ClNO4/c1-6-2-3-7(9(12)15-10)4-8(6)5-11(13)14/h2-4H,5H2,1H3. The van der Waals surface area contributed by atoms with Gasteiger partial charge in [0.25, 0.3) is 0 Å². The predicted molar refractivity (Wildman–Crippen MR) is 53.1 cm³/mol. The number of aryl methyl sites for hydroxylation is 1. The maximum atomic E-state index is 11.0. The van der Waals surface area contributed by atoms with E-state index in [1.807, 2.05) is 0 Å². The molecule has 80 valence electrons. The SMILES string of the molecule is Cc1ccc(C(=O)OCl)cc1C[N+](=O)[O-]. The van der Waals surface area contributed by atoms with Crippen LogP contribution >= 0.6 is 11.9 Å². The Kier molecular flexibility index (Phi) is 3.62. The molecule has 6 heteroatoms. The number of carbonyl (C=O) groups excluding carboxylic acids is 1. The second-order valence-electron chi connectivity index (χ2n) is 3.00. The molecule has 0 unspecified atom stereocenters. The third-order valence-electron chi connectivity index (χ3n) is 1.95. The smallest absolute Gasteiger partial charge is 0.343 e. The molecule has 0 aliphatic carbocycles. The Balaban J connectivity index is 3.05. The van der Waals surface area contributed by atoms with Gasteiger partial charge in [-0.25, -0.2) is 4.79 Å². The van der Waals surface area contributed by atoms with Crippen molar-refractivity contribution in [1.29, 1.82) is 0 Å². The van der Waals surface area contributed by atoms with E-state index in [0.29, 0.717) is 5.56 Å². The minimum atomic E-state index is -0.721. The van der Waals surface area contributed by atoms with E-state index >= 15 is 0 Å². The molecule has 0 bridgehead atoms. The highest BCUT2D eigenvalue weighted by Crippen LogP contribution is 2.13. The van der Waals surface area contributed by atoms with Crippen molar-refractivity contribution in [3.05, 3.63) is 45.0 Å². The molecule has 15 heavy (non-hydrogen) atoms. The largest absolute Gasteiger partial charge is 0.356 e. The average molecular weight is 230 g/mol. The molecule has 0 radical (unpaired) electrons. The molecule has 1 aromatic carbocycles. The Morgan fingerprint density at radius 1 is 1.60 bits per heavy atom. The lowest BCUT2D eigenvalue weighted by Gasteiger charge is -2.03. The van der Waals surface area contributed by atoms with Crippen LogP contribution in [0, 0.1) is 17.0 Å². The van der Waals surface area contributed by atoms with Crippen molar-refractivity contribution in [2.75, 3.05) is 0 Å². The van der Waals surface area contributed by atoms with Crippen LogP contribution in [0.2, 0.25) is 0 Å².